The van der Waals surface area contributed by atoms with Gasteiger partial charge < -0.3 is 10.1 Å². The molecule has 2 heteroatoms. The van der Waals surface area contributed by atoms with E-state index in [0.717, 1.165) is 24.3 Å². The third-order valence-electron chi connectivity index (χ3n) is 2.88. The van der Waals surface area contributed by atoms with Crippen molar-refractivity contribution in [1.82, 2.24) is 5.32 Å². The molecule has 2 nitrogen and oxygen atoms in total. The van der Waals surface area contributed by atoms with Gasteiger partial charge in [0.05, 0.1) is 6.61 Å². The number of ether oxygens (including phenoxy) is 1. The van der Waals surface area contributed by atoms with Crippen molar-refractivity contribution in [2.45, 2.75) is 39.7 Å². The van der Waals surface area contributed by atoms with Gasteiger partial charge in [-0.25, -0.2) is 0 Å². The van der Waals surface area contributed by atoms with Crippen LogP contribution in [0.4, 0.5) is 0 Å². The normalized spacial score (nSPS) is 12.2. The van der Waals surface area contributed by atoms with E-state index in [2.05, 4.69) is 50.0 Å². The Labute approximate surface area is 111 Å². The van der Waals surface area contributed by atoms with Crippen molar-refractivity contribution in [3.05, 3.63) is 42.0 Å². The summed E-state index contributed by atoms with van der Waals surface area (Å²) in [4.78, 5) is 0. The molecule has 100 valence electrons. The Morgan fingerprint density at radius 2 is 1.94 bits per heavy atom. The van der Waals surface area contributed by atoms with E-state index in [9.17, 15) is 0 Å². The first kappa shape index (κ1) is 14.8. The van der Waals surface area contributed by atoms with Gasteiger partial charge in [0.15, 0.2) is 0 Å². The van der Waals surface area contributed by atoms with Gasteiger partial charge >= 0.3 is 0 Å². The minimum Gasteiger partial charge on any atom is -0.494 e. The minimum atomic E-state index is 0.519. The average Bonchev–Trinajstić information content (AvgIpc) is 2.37. The molecule has 1 aromatic carbocycles. The van der Waals surface area contributed by atoms with Crippen molar-refractivity contribution in [2.24, 2.45) is 0 Å². The van der Waals surface area contributed by atoms with Crippen molar-refractivity contribution >= 4 is 5.76 Å². The highest BCUT2D eigenvalue weighted by molar-refractivity contribution is 5.57. The summed E-state index contributed by atoms with van der Waals surface area (Å²) in [7, 11) is 0. The molecule has 0 saturated carbocycles. The molecule has 1 N–H and O–H groups in total. The zero-order valence-electron chi connectivity index (χ0n) is 11.8. The summed E-state index contributed by atoms with van der Waals surface area (Å²) in [5, 5.41) is 3.50. The maximum Gasteiger partial charge on any atom is 0.119 e. The maximum absolute atomic E-state index is 5.40. The van der Waals surface area contributed by atoms with Crippen LogP contribution in [-0.4, -0.2) is 19.2 Å². The molecule has 0 fully saturated rings. The number of benzene rings is 1. The van der Waals surface area contributed by atoms with Crippen LogP contribution in [0.2, 0.25) is 0 Å². The maximum atomic E-state index is 5.40. The van der Waals surface area contributed by atoms with Crippen molar-refractivity contribution < 1.29 is 4.74 Å². The molecule has 0 aromatic heterocycles. The third kappa shape index (κ3) is 4.92. The summed E-state index contributed by atoms with van der Waals surface area (Å²) in [6, 6.07) is 9.00. The van der Waals surface area contributed by atoms with Gasteiger partial charge in [-0.15, -0.1) is 0 Å². The van der Waals surface area contributed by atoms with Gasteiger partial charge in [0.25, 0.3) is 0 Å². The van der Waals surface area contributed by atoms with Gasteiger partial charge in [0.1, 0.15) is 5.76 Å². The first-order valence-electron chi connectivity index (χ1n) is 6.81. The van der Waals surface area contributed by atoms with Crippen molar-refractivity contribution in [3.8, 4) is 0 Å². The Morgan fingerprint density at radius 1 is 1.28 bits per heavy atom. The highest BCUT2D eigenvalue weighted by Crippen LogP contribution is 2.15. The lowest BCUT2D eigenvalue weighted by molar-refractivity contribution is 0.299. The standard InChI is InChI=1S/C16H25NO/c1-5-11-17-13(3)12-15-7-9-16(10-8-15)14(4)18-6-2/h7-10,13,17H,4-6,11-12H2,1-3H3. The molecule has 0 bridgehead atoms. The second kappa shape index (κ2) is 7.93. The molecule has 0 aliphatic rings. The van der Waals surface area contributed by atoms with Crippen molar-refractivity contribution in [3.63, 3.8) is 0 Å². The van der Waals surface area contributed by atoms with Crippen molar-refractivity contribution in [1.29, 1.82) is 0 Å². The van der Waals surface area contributed by atoms with Crippen LogP contribution >= 0.6 is 0 Å². The van der Waals surface area contributed by atoms with E-state index in [1.807, 2.05) is 6.92 Å². The molecule has 1 rings (SSSR count). The number of hydrogen-bond acceptors (Lipinski definition) is 2. The predicted octanol–water partition coefficient (Wildman–Crippen LogP) is 3.62. The second-order valence-corrected chi connectivity index (χ2v) is 4.61. The fraction of sp³-hybridized carbons (Fsp3) is 0.500. The van der Waals surface area contributed by atoms with Crippen LogP contribution in [0.3, 0.4) is 0 Å². The molecule has 1 unspecified atom stereocenters. The summed E-state index contributed by atoms with van der Waals surface area (Å²) in [5.74, 6) is 0.751. The van der Waals surface area contributed by atoms with Crippen LogP contribution in [0, 0.1) is 0 Å². The first-order valence-corrected chi connectivity index (χ1v) is 6.81. The molecule has 1 atom stereocenters. The Bertz CT molecular complexity index is 356. The van der Waals surface area contributed by atoms with E-state index in [4.69, 9.17) is 4.74 Å². The zero-order valence-corrected chi connectivity index (χ0v) is 11.8. The van der Waals surface area contributed by atoms with E-state index in [-0.39, 0.29) is 0 Å². The lowest BCUT2D eigenvalue weighted by Gasteiger charge is -2.13. The van der Waals surface area contributed by atoms with E-state index in [0.29, 0.717) is 12.6 Å². The van der Waals surface area contributed by atoms with Crippen LogP contribution in [0.25, 0.3) is 5.76 Å². The summed E-state index contributed by atoms with van der Waals surface area (Å²) >= 11 is 0. The molecule has 18 heavy (non-hydrogen) atoms. The van der Waals surface area contributed by atoms with Crippen LogP contribution in [-0.2, 0) is 11.2 Å². The van der Waals surface area contributed by atoms with Crippen LogP contribution < -0.4 is 5.32 Å². The van der Waals surface area contributed by atoms with Gasteiger partial charge in [-0.3, -0.25) is 0 Å². The highest BCUT2D eigenvalue weighted by atomic mass is 16.5. The summed E-state index contributed by atoms with van der Waals surface area (Å²) in [6.07, 6.45) is 2.23. The predicted molar refractivity (Wildman–Crippen MR) is 78.6 cm³/mol. The summed E-state index contributed by atoms with van der Waals surface area (Å²) < 4.78 is 5.40. The Balaban J connectivity index is 2.52. The summed E-state index contributed by atoms with van der Waals surface area (Å²) in [6.45, 7) is 12.0. The zero-order chi connectivity index (χ0) is 13.4. The molecule has 0 heterocycles. The Hall–Kier alpha value is -1.28. The number of hydrogen-bond donors (Lipinski definition) is 1. The molecule has 0 saturated heterocycles. The van der Waals surface area contributed by atoms with Crippen LogP contribution in [0.15, 0.2) is 30.8 Å². The third-order valence-corrected chi connectivity index (χ3v) is 2.88. The Morgan fingerprint density at radius 3 is 2.50 bits per heavy atom. The second-order valence-electron chi connectivity index (χ2n) is 4.61. The number of nitrogens with one attached hydrogen (secondary N) is 1. The van der Waals surface area contributed by atoms with Gasteiger partial charge in [-0.1, -0.05) is 37.8 Å². The highest BCUT2D eigenvalue weighted by Gasteiger charge is 2.03. The van der Waals surface area contributed by atoms with Crippen molar-refractivity contribution in [2.75, 3.05) is 13.2 Å². The van der Waals surface area contributed by atoms with Gasteiger partial charge in [0.2, 0.25) is 0 Å². The van der Waals surface area contributed by atoms with E-state index in [1.165, 1.54) is 12.0 Å². The van der Waals surface area contributed by atoms with Gasteiger partial charge in [-0.2, -0.15) is 0 Å². The molecule has 1 aromatic rings. The monoisotopic (exact) mass is 247 g/mol. The fourth-order valence-corrected chi connectivity index (χ4v) is 1.90. The van der Waals surface area contributed by atoms with E-state index >= 15 is 0 Å². The SMILES string of the molecule is C=C(OCC)c1ccc(CC(C)NCCC)cc1. The molecule has 0 amide bonds. The molecule has 0 spiro atoms. The van der Waals surface area contributed by atoms with E-state index in [1.54, 1.807) is 0 Å². The quantitative estimate of drug-likeness (QED) is 0.708. The molecule has 0 aliphatic heterocycles. The summed E-state index contributed by atoms with van der Waals surface area (Å²) in [5.41, 5.74) is 2.41. The van der Waals surface area contributed by atoms with Crippen LogP contribution in [0.5, 0.6) is 0 Å². The fourth-order valence-electron chi connectivity index (χ4n) is 1.90. The minimum absolute atomic E-state index is 0.519. The smallest absolute Gasteiger partial charge is 0.119 e. The largest absolute Gasteiger partial charge is 0.494 e. The molecular formula is C16H25NO. The lowest BCUT2D eigenvalue weighted by Crippen LogP contribution is -2.28. The molecule has 0 aliphatic carbocycles. The molecule has 0 radical (unpaired) electrons. The van der Waals surface area contributed by atoms with E-state index < -0.39 is 0 Å². The van der Waals surface area contributed by atoms with Gasteiger partial charge in [0, 0.05) is 11.6 Å². The molecular weight excluding hydrogens is 222 g/mol. The lowest BCUT2D eigenvalue weighted by atomic mass is 10.0. The topological polar surface area (TPSA) is 21.3 Å². The first-order chi connectivity index (χ1) is 8.67. The van der Waals surface area contributed by atoms with Gasteiger partial charge in [-0.05, 0) is 38.8 Å². The Kier molecular flexibility index (Phi) is 6.51. The van der Waals surface area contributed by atoms with Crippen LogP contribution in [0.1, 0.15) is 38.3 Å². The average molecular weight is 247 g/mol. The number of rotatable bonds is 8.